The Morgan fingerprint density at radius 1 is 1.05 bits per heavy atom. The van der Waals surface area contributed by atoms with E-state index in [-0.39, 0.29) is 0 Å². The Morgan fingerprint density at radius 2 is 1.90 bits per heavy atom. The van der Waals surface area contributed by atoms with Crippen molar-refractivity contribution in [2.45, 2.75) is 33.6 Å². The van der Waals surface area contributed by atoms with Crippen molar-refractivity contribution < 1.29 is 0 Å². The third kappa shape index (κ3) is 2.18. The summed E-state index contributed by atoms with van der Waals surface area (Å²) in [6, 6.07) is 8.41. The molecule has 4 heteroatoms. The van der Waals surface area contributed by atoms with Crippen LogP contribution in [-0.4, -0.2) is 20.2 Å². The Labute approximate surface area is 118 Å². The predicted molar refractivity (Wildman–Crippen MR) is 80.6 cm³/mol. The summed E-state index contributed by atoms with van der Waals surface area (Å²) < 4.78 is 0. The molecule has 2 aromatic heterocycles. The molecule has 0 aliphatic carbocycles. The minimum atomic E-state index is 0.847. The second-order valence-electron chi connectivity index (χ2n) is 4.99. The van der Waals surface area contributed by atoms with Gasteiger partial charge in [0.05, 0.1) is 22.4 Å². The van der Waals surface area contributed by atoms with Crippen LogP contribution in [0.4, 0.5) is 0 Å². The smallest absolute Gasteiger partial charge is 0.140 e. The number of imidazole rings is 1. The maximum absolute atomic E-state index is 4.68. The van der Waals surface area contributed by atoms with E-state index in [0.717, 1.165) is 46.7 Å². The number of aromatic nitrogens is 4. The van der Waals surface area contributed by atoms with Crippen LogP contribution in [0.1, 0.15) is 30.8 Å². The maximum atomic E-state index is 4.68. The fraction of sp³-hybridized carbons (Fsp3) is 0.312. The van der Waals surface area contributed by atoms with Gasteiger partial charge in [0, 0.05) is 5.56 Å². The van der Waals surface area contributed by atoms with Gasteiger partial charge in [0.1, 0.15) is 5.82 Å². The molecule has 1 aromatic carbocycles. The van der Waals surface area contributed by atoms with Crippen LogP contribution in [0.5, 0.6) is 0 Å². The quantitative estimate of drug-likeness (QED) is 0.790. The normalized spacial score (nSPS) is 11.2. The molecule has 0 radical (unpaired) electrons. The molecule has 20 heavy (non-hydrogen) atoms. The Morgan fingerprint density at radius 3 is 2.65 bits per heavy atom. The molecule has 3 aromatic rings. The Kier molecular flexibility index (Phi) is 3.22. The number of nitrogens with one attached hydrogen (secondary N) is 1. The molecule has 0 aliphatic heterocycles. The standard InChI is InChI=1S/C16H18N4/c1-4-11-6-7-14-15(9-11)18-16(17-14)12-8-10(3)19-20-13(12)5-2/h6-9H,4-5H2,1-3H3,(H,17,18). The van der Waals surface area contributed by atoms with E-state index in [1.807, 2.05) is 13.0 Å². The predicted octanol–water partition coefficient (Wildman–Crippen LogP) is 3.45. The largest absolute Gasteiger partial charge is 0.338 e. The van der Waals surface area contributed by atoms with Gasteiger partial charge >= 0.3 is 0 Å². The van der Waals surface area contributed by atoms with Crippen molar-refractivity contribution in [3.05, 3.63) is 41.2 Å². The minimum Gasteiger partial charge on any atom is -0.338 e. The number of nitrogens with zero attached hydrogens (tertiary/aromatic N) is 3. The highest BCUT2D eigenvalue weighted by Crippen LogP contribution is 2.24. The van der Waals surface area contributed by atoms with Gasteiger partial charge in [0.25, 0.3) is 0 Å². The van der Waals surface area contributed by atoms with Crippen molar-refractivity contribution in [3.8, 4) is 11.4 Å². The van der Waals surface area contributed by atoms with Crippen LogP contribution >= 0.6 is 0 Å². The van der Waals surface area contributed by atoms with Crippen LogP contribution in [0.25, 0.3) is 22.4 Å². The number of benzene rings is 1. The summed E-state index contributed by atoms with van der Waals surface area (Å²) in [5, 5.41) is 8.39. The number of aryl methyl sites for hydroxylation is 3. The molecule has 0 amide bonds. The average molecular weight is 266 g/mol. The van der Waals surface area contributed by atoms with Crippen LogP contribution in [-0.2, 0) is 12.8 Å². The second kappa shape index (κ2) is 5.04. The van der Waals surface area contributed by atoms with Gasteiger partial charge in [0.2, 0.25) is 0 Å². The lowest BCUT2D eigenvalue weighted by atomic mass is 10.1. The number of aromatic amines is 1. The van der Waals surface area contributed by atoms with Gasteiger partial charge in [-0.3, -0.25) is 0 Å². The van der Waals surface area contributed by atoms with Gasteiger partial charge in [-0.05, 0) is 43.5 Å². The summed E-state index contributed by atoms with van der Waals surface area (Å²) >= 11 is 0. The third-order valence-corrected chi connectivity index (χ3v) is 3.54. The molecule has 4 nitrogen and oxygen atoms in total. The van der Waals surface area contributed by atoms with Crippen molar-refractivity contribution in [2.75, 3.05) is 0 Å². The highest BCUT2D eigenvalue weighted by Gasteiger charge is 2.11. The van der Waals surface area contributed by atoms with Gasteiger partial charge in [-0.15, -0.1) is 0 Å². The highest BCUT2D eigenvalue weighted by molar-refractivity contribution is 5.80. The van der Waals surface area contributed by atoms with Crippen molar-refractivity contribution in [3.63, 3.8) is 0 Å². The Hall–Kier alpha value is -2.23. The lowest BCUT2D eigenvalue weighted by Crippen LogP contribution is -1.98. The molecule has 1 N–H and O–H groups in total. The Bertz CT molecular complexity index is 758. The molecular weight excluding hydrogens is 248 g/mol. The zero-order valence-corrected chi connectivity index (χ0v) is 12.1. The van der Waals surface area contributed by atoms with Crippen LogP contribution in [0.15, 0.2) is 24.3 Å². The van der Waals surface area contributed by atoms with Gasteiger partial charge in [-0.2, -0.15) is 10.2 Å². The fourth-order valence-electron chi connectivity index (χ4n) is 2.38. The third-order valence-electron chi connectivity index (χ3n) is 3.54. The summed E-state index contributed by atoms with van der Waals surface area (Å²) in [5.41, 5.74) is 6.32. The lowest BCUT2D eigenvalue weighted by Gasteiger charge is -2.03. The van der Waals surface area contributed by atoms with E-state index in [1.165, 1.54) is 5.56 Å². The number of fused-ring (bicyclic) bond motifs is 1. The van der Waals surface area contributed by atoms with Crippen molar-refractivity contribution >= 4 is 11.0 Å². The first-order chi connectivity index (χ1) is 9.71. The molecular formula is C16H18N4. The summed E-state index contributed by atoms with van der Waals surface area (Å²) in [6.45, 7) is 6.19. The molecule has 0 saturated carbocycles. The zero-order chi connectivity index (χ0) is 14.1. The average Bonchev–Trinajstić information content (AvgIpc) is 2.89. The maximum Gasteiger partial charge on any atom is 0.140 e. The summed E-state index contributed by atoms with van der Waals surface area (Å²) in [6.07, 6.45) is 1.88. The first-order valence-corrected chi connectivity index (χ1v) is 7.03. The summed E-state index contributed by atoms with van der Waals surface area (Å²) in [5.74, 6) is 0.878. The Balaban J connectivity index is 2.17. The molecule has 102 valence electrons. The molecule has 0 bridgehead atoms. The minimum absolute atomic E-state index is 0.847. The van der Waals surface area contributed by atoms with Gasteiger partial charge < -0.3 is 4.98 Å². The van der Waals surface area contributed by atoms with Crippen molar-refractivity contribution in [1.82, 2.24) is 20.2 Å². The van der Waals surface area contributed by atoms with E-state index in [4.69, 9.17) is 0 Å². The van der Waals surface area contributed by atoms with E-state index in [2.05, 4.69) is 52.2 Å². The molecule has 0 spiro atoms. The van der Waals surface area contributed by atoms with E-state index < -0.39 is 0 Å². The molecule has 2 heterocycles. The van der Waals surface area contributed by atoms with E-state index in [0.29, 0.717) is 0 Å². The highest BCUT2D eigenvalue weighted by atomic mass is 15.1. The first kappa shape index (κ1) is 12.8. The van der Waals surface area contributed by atoms with Crippen LogP contribution < -0.4 is 0 Å². The van der Waals surface area contributed by atoms with Crippen LogP contribution in [0.3, 0.4) is 0 Å². The van der Waals surface area contributed by atoms with E-state index in [9.17, 15) is 0 Å². The molecule has 0 unspecified atom stereocenters. The van der Waals surface area contributed by atoms with Gasteiger partial charge in [-0.1, -0.05) is 19.9 Å². The molecule has 0 aliphatic rings. The number of hydrogen-bond acceptors (Lipinski definition) is 3. The van der Waals surface area contributed by atoms with Crippen LogP contribution in [0.2, 0.25) is 0 Å². The number of hydrogen-bond donors (Lipinski definition) is 1. The van der Waals surface area contributed by atoms with E-state index in [1.54, 1.807) is 0 Å². The SMILES string of the molecule is CCc1ccc2nc(-c3cc(C)nnc3CC)[nH]c2c1. The van der Waals surface area contributed by atoms with Gasteiger partial charge in [-0.25, -0.2) is 4.98 Å². The molecule has 0 fully saturated rings. The monoisotopic (exact) mass is 266 g/mol. The fourth-order valence-corrected chi connectivity index (χ4v) is 2.38. The van der Waals surface area contributed by atoms with Crippen molar-refractivity contribution in [2.24, 2.45) is 0 Å². The molecule has 0 saturated heterocycles. The van der Waals surface area contributed by atoms with Gasteiger partial charge in [0.15, 0.2) is 0 Å². The topological polar surface area (TPSA) is 54.5 Å². The lowest BCUT2D eigenvalue weighted by molar-refractivity contribution is 0.893. The summed E-state index contributed by atoms with van der Waals surface area (Å²) in [4.78, 5) is 8.09. The van der Waals surface area contributed by atoms with Crippen molar-refractivity contribution in [1.29, 1.82) is 0 Å². The molecule has 3 rings (SSSR count). The number of rotatable bonds is 3. The van der Waals surface area contributed by atoms with Crippen LogP contribution in [0, 0.1) is 6.92 Å². The first-order valence-electron chi connectivity index (χ1n) is 7.03. The zero-order valence-electron chi connectivity index (χ0n) is 12.1. The summed E-state index contributed by atoms with van der Waals surface area (Å²) in [7, 11) is 0. The molecule has 0 atom stereocenters. The van der Waals surface area contributed by atoms with E-state index >= 15 is 0 Å². The second-order valence-corrected chi connectivity index (χ2v) is 4.99. The number of H-pyrrole nitrogens is 1.